The third-order valence-corrected chi connectivity index (χ3v) is 6.35. The topological polar surface area (TPSA) is 27.7 Å². The molecule has 5 heteroatoms. The number of hydrogen-bond donors (Lipinski definition) is 0. The van der Waals surface area contributed by atoms with Gasteiger partial charge in [-0.25, -0.2) is 0 Å². The standard InChI is InChI=1S/C11H25O3Si2/c1-3-5-9-12-16(13-10-6-4-2)14-15-11-7-8-11/h11H,3-10,15H2,1-2H3. The van der Waals surface area contributed by atoms with Gasteiger partial charge in [-0.1, -0.05) is 39.5 Å². The average molecular weight is 261 g/mol. The lowest BCUT2D eigenvalue weighted by molar-refractivity contribution is 0.138. The molecule has 1 saturated carbocycles. The molecule has 0 atom stereocenters. The van der Waals surface area contributed by atoms with Crippen molar-refractivity contribution in [2.24, 2.45) is 0 Å². The maximum absolute atomic E-state index is 5.86. The maximum Gasteiger partial charge on any atom is 0.566 e. The van der Waals surface area contributed by atoms with E-state index in [9.17, 15) is 0 Å². The van der Waals surface area contributed by atoms with E-state index in [0.717, 1.165) is 31.6 Å². The lowest BCUT2D eigenvalue weighted by Gasteiger charge is -2.14. The average Bonchev–Trinajstić information content (AvgIpc) is 3.09. The Labute approximate surface area is 104 Å². The zero-order valence-electron chi connectivity index (χ0n) is 10.7. The van der Waals surface area contributed by atoms with Crippen molar-refractivity contribution in [2.45, 2.75) is 57.9 Å². The van der Waals surface area contributed by atoms with Crippen LogP contribution < -0.4 is 0 Å². The molecule has 0 aromatic heterocycles. The first-order valence-electron chi connectivity index (χ1n) is 6.62. The van der Waals surface area contributed by atoms with Gasteiger partial charge < -0.3 is 13.0 Å². The van der Waals surface area contributed by atoms with E-state index in [-0.39, 0.29) is 9.76 Å². The molecule has 1 radical (unpaired) electrons. The van der Waals surface area contributed by atoms with Gasteiger partial charge in [-0.2, -0.15) is 0 Å². The van der Waals surface area contributed by atoms with Crippen molar-refractivity contribution < 1.29 is 13.0 Å². The van der Waals surface area contributed by atoms with Crippen LogP contribution in [0.4, 0.5) is 0 Å². The molecular weight excluding hydrogens is 236 g/mol. The van der Waals surface area contributed by atoms with Gasteiger partial charge in [0.25, 0.3) is 0 Å². The Morgan fingerprint density at radius 3 is 2.06 bits per heavy atom. The number of unbranched alkanes of at least 4 members (excludes halogenated alkanes) is 2. The highest BCUT2D eigenvalue weighted by atomic mass is 28.4. The molecule has 0 amide bonds. The van der Waals surface area contributed by atoms with Gasteiger partial charge in [-0.05, 0) is 18.4 Å². The van der Waals surface area contributed by atoms with Crippen molar-refractivity contribution in [1.29, 1.82) is 0 Å². The van der Waals surface area contributed by atoms with E-state index >= 15 is 0 Å². The lowest BCUT2D eigenvalue weighted by Crippen LogP contribution is -2.30. The SMILES string of the molecule is CCCCO[Si](OCCCC)O[SiH2]C1CC1. The molecule has 0 aromatic carbocycles. The molecule has 1 fully saturated rings. The molecule has 1 rings (SSSR count). The Morgan fingerprint density at radius 2 is 1.62 bits per heavy atom. The van der Waals surface area contributed by atoms with Crippen LogP contribution in [0.25, 0.3) is 0 Å². The monoisotopic (exact) mass is 261 g/mol. The normalized spacial score (nSPS) is 16.7. The molecule has 0 N–H and O–H groups in total. The highest BCUT2D eigenvalue weighted by molar-refractivity contribution is 6.49. The summed E-state index contributed by atoms with van der Waals surface area (Å²) < 4.78 is 17.3. The smallest absolute Gasteiger partial charge is 0.419 e. The third-order valence-electron chi connectivity index (χ3n) is 2.57. The summed E-state index contributed by atoms with van der Waals surface area (Å²) in [5.74, 6) is 0. The van der Waals surface area contributed by atoms with Crippen LogP contribution in [0.2, 0.25) is 5.54 Å². The Hall–Kier alpha value is 0.314. The van der Waals surface area contributed by atoms with E-state index in [1.54, 1.807) is 0 Å². The zero-order valence-corrected chi connectivity index (χ0v) is 13.1. The summed E-state index contributed by atoms with van der Waals surface area (Å²) in [5, 5.41) is 0. The van der Waals surface area contributed by atoms with Gasteiger partial charge in [0, 0.05) is 13.2 Å². The first-order valence-corrected chi connectivity index (χ1v) is 9.24. The maximum atomic E-state index is 5.86. The first-order chi connectivity index (χ1) is 7.86. The van der Waals surface area contributed by atoms with Crippen LogP contribution in [0.15, 0.2) is 0 Å². The van der Waals surface area contributed by atoms with Crippen LogP contribution in [0.3, 0.4) is 0 Å². The highest BCUT2D eigenvalue weighted by Gasteiger charge is 2.27. The molecule has 0 saturated heterocycles. The molecule has 0 aromatic rings. The van der Waals surface area contributed by atoms with Crippen molar-refractivity contribution in [2.75, 3.05) is 13.2 Å². The summed E-state index contributed by atoms with van der Waals surface area (Å²) in [5.41, 5.74) is 0.921. The second kappa shape index (κ2) is 9.35. The van der Waals surface area contributed by atoms with Crippen molar-refractivity contribution in [1.82, 2.24) is 0 Å². The Kier molecular flexibility index (Phi) is 8.40. The molecule has 16 heavy (non-hydrogen) atoms. The Bertz CT molecular complexity index is 155. The summed E-state index contributed by atoms with van der Waals surface area (Å²) in [6.07, 6.45) is 7.32. The van der Waals surface area contributed by atoms with E-state index in [4.69, 9.17) is 13.0 Å². The summed E-state index contributed by atoms with van der Waals surface area (Å²) >= 11 is 0. The van der Waals surface area contributed by atoms with Crippen molar-refractivity contribution >= 4 is 19.3 Å². The van der Waals surface area contributed by atoms with Crippen LogP contribution in [0.5, 0.6) is 0 Å². The van der Waals surface area contributed by atoms with Gasteiger partial charge in [-0.15, -0.1) is 0 Å². The second-order valence-corrected chi connectivity index (χ2v) is 8.13. The molecule has 1 aliphatic carbocycles. The van der Waals surface area contributed by atoms with Gasteiger partial charge in [0.2, 0.25) is 0 Å². The minimum atomic E-state index is -1.38. The summed E-state index contributed by atoms with van der Waals surface area (Å²) in [7, 11) is -1.75. The van der Waals surface area contributed by atoms with Crippen LogP contribution in [0, 0.1) is 0 Å². The van der Waals surface area contributed by atoms with E-state index in [1.165, 1.54) is 25.7 Å². The minimum Gasteiger partial charge on any atom is -0.419 e. The fourth-order valence-corrected chi connectivity index (χ4v) is 4.62. The quantitative estimate of drug-likeness (QED) is 0.422. The van der Waals surface area contributed by atoms with Crippen LogP contribution in [-0.2, 0) is 13.0 Å². The summed E-state index contributed by atoms with van der Waals surface area (Å²) in [6.45, 7) is 5.95. The van der Waals surface area contributed by atoms with Crippen LogP contribution >= 0.6 is 0 Å². The van der Waals surface area contributed by atoms with Crippen molar-refractivity contribution in [3.63, 3.8) is 0 Å². The predicted molar refractivity (Wildman–Crippen MR) is 70.1 cm³/mol. The lowest BCUT2D eigenvalue weighted by atomic mass is 10.4. The van der Waals surface area contributed by atoms with Gasteiger partial charge in [0.05, 0.1) is 0 Å². The van der Waals surface area contributed by atoms with Gasteiger partial charge in [0.1, 0.15) is 0 Å². The van der Waals surface area contributed by atoms with Crippen LogP contribution in [-0.4, -0.2) is 32.5 Å². The minimum absolute atomic E-state index is 0.363. The number of hydrogen-bond acceptors (Lipinski definition) is 3. The molecule has 0 spiro atoms. The predicted octanol–water partition coefficient (Wildman–Crippen LogP) is 2.29. The van der Waals surface area contributed by atoms with Crippen molar-refractivity contribution in [3.05, 3.63) is 0 Å². The highest BCUT2D eigenvalue weighted by Crippen LogP contribution is 2.35. The fraction of sp³-hybridized carbons (Fsp3) is 1.00. The fourth-order valence-electron chi connectivity index (χ4n) is 1.20. The molecule has 1 aliphatic rings. The molecule has 0 bridgehead atoms. The van der Waals surface area contributed by atoms with E-state index < -0.39 is 9.53 Å². The van der Waals surface area contributed by atoms with Crippen LogP contribution in [0.1, 0.15) is 52.4 Å². The van der Waals surface area contributed by atoms with Gasteiger partial charge >= 0.3 is 9.53 Å². The summed E-state index contributed by atoms with van der Waals surface area (Å²) in [4.78, 5) is 0. The molecular formula is C11H25O3Si2. The molecule has 0 unspecified atom stereocenters. The van der Waals surface area contributed by atoms with Gasteiger partial charge in [-0.3, -0.25) is 0 Å². The molecule has 0 heterocycles. The summed E-state index contributed by atoms with van der Waals surface area (Å²) in [6, 6.07) is 0. The van der Waals surface area contributed by atoms with E-state index in [2.05, 4.69) is 13.8 Å². The number of rotatable bonds is 11. The van der Waals surface area contributed by atoms with Gasteiger partial charge in [0.15, 0.2) is 9.76 Å². The third kappa shape index (κ3) is 7.56. The van der Waals surface area contributed by atoms with Crippen molar-refractivity contribution in [3.8, 4) is 0 Å². The largest absolute Gasteiger partial charge is 0.566 e. The molecule has 0 aliphatic heterocycles. The Balaban J connectivity index is 2.06. The zero-order chi connectivity index (χ0) is 11.6. The van der Waals surface area contributed by atoms with E-state index in [1.807, 2.05) is 0 Å². The Morgan fingerprint density at radius 1 is 1.06 bits per heavy atom. The first kappa shape index (κ1) is 14.4. The molecule has 95 valence electrons. The molecule has 3 nitrogen and oxygen atoms in total. The second-order valence-electron chi connectivity index (χ2n) is 4.41. The van der Waals surface area contributed by atoms with E-state index in [0.29, 0.717) is 0 Å².